The lowest BCUT2D eigenvalue weighted by Crippen LogP contribution is -2.40. The zero-order valence-electron chi connectivity index (χ0n) is 19.5. The molecule has 0 radical (unpaired) electrons. The van der Waals surface area contributed by atoms with Gasteiger partial charge in [-0.15, -0.1) is 0 Å². The number of hydrogen-bond acceptors (Lipinski definition) is 7. The first kappa shape index (κ1) is 25.6. The topological polar surface area (TPSA) is 107 Å². The molecule has 1 aromatic heterocycles. The third-order valence-corrected chi connectivity index (χ3v) is 7.97. The van der Waals surface area contributed by atoms with E-state index in [0.29, 0.717) is 30.6 Å². The summed E-state index contributed by atoms with van der Waals surface area (Å²) in [6.07, 6.45) is 1.19. The van der Waals surface area contributed by atoms with Crippen LogP contribution in [0.25, 0.3) is 0 Å². The first-order chi connectivity index (χ1) is 16.5. The average molecular weight is 514 g/mol. The molecule has 192 valence electrons. The quantitative estimate of drug-likeness (QED) is 0.533. The number of aliphatic hydroxyl groups is 1. The monoisotopic (exact) mass is 513 g/mol. The summed E-state index contributed by atoms with van der Waals surface area (Å²) in [4.78, 5) is 9.51. The van der Waals surface area contributed by atoms with Gasteiger partial charge in [0.2, 0.25) is 16.0 Å². The number of halogens is 3. The van der Waals surface area contributed by atoms with Crippen LogP contribution >= 0.6 is 0 Å². The molecule has 2 heterocycles. The molecule has 0 bridgehead atoms. The highest BCUT2D eigenvalue weighted by Gasteiger charge is 2.37. The molecule has 0 amide bonds. The highest BCUT2D eigenvalue weighted by Crippen LogP contribution is 2.37. The van der Waals surface area contributed by atoms with Crippen LogP contribution in [0, 0.1) is 6.92 Å². The Bertz CT molecular complexity index is 1150. The summed E-state index contributed by atoms with van der Waals surface area (Å²) in [6, 6.07) is 4.45. The van der Waals surface area contributed by atoms with E-state index in [1.807, 2.05) is 0 Å². The Labute approximate surface area is 203 Å². The lowest BCUT2D eigenvalue weighted by atomic mass is 9.96. The molecule has 1 atom stereocenters. The first-order valence-corrected chi connectivity index (χ1v) is 13.3. The van der Waals surface area contributed by atoms with Crippen molar-refractivity contribution in [2.24, 2.45) is 0 Å². The van der Waals surface area contributed by atoms with Crippen molar-refractivity contribution in [1.82, 2.24) is 14.7 Å². The Balaban J connectivity index is 1.56. The van der Waals surface area contributed by atoms with E-state index in [-0.39, 0.29) is 29.2 Å². The van der Waals surface area contributed by atoms with Gasteiger partial charge in [0.25, 0.3) is 0 Å². The maximum Gasteiger partial charge on any atom is 0.421 e. The summed E-state index contributed by atoms with van der Waals surface area (Å²) in [5.74, 6) is -0.339. The molecule has 2 aliphatic rings. The van der Waals surface area contributed by atoms with E-state index in [9.17, 15) is 26.7 Å². The van der Waals surface area contributed by atoms with Crippen LogP contribution in [0.4, 0.5) is 30.6 Å². The number of piperidine rings is 1. The third kappa shape index (κ3) is 6.22. The van der Waals surface area contributed by atoms with Crippen LogP contribution in [-0.4, -0.2) is 48.7 Å². The molecule has 4 rings (SSSR count). The smallest absolute Gasteiger partial charge is 0.391 e. The average Bonchev–Trinajstić information content (AvgIpc) is 2.80. The van der Waals surface area contributed by atoms with Gasteiger partial charge in [0.1, 0.15) is 11.4 Å². The lowest BCUT2D eigenvalue weighted by molar-refractivity contribution is -0.137. The normalized spacial score (nSPS) is 20.1. The van der Waals surface area contributed by atoms with Gasteiger partial charge in [0, 0.05) is 31.0 Å². The van der Waals surface area contributed by atoms with Crippen molar-refractivity contribution >= 4 is 27.5 Å². The summed E-state index contributed by atoms with van der Waals surface area (Å²) in [7, 11) is -3.68. The van der Waals surface area contributed by atoms with Crippen LogP contribution in [0.3, 0.4) is 0 Å². The maximum atomic E-state index is 13.6. The molecule has 35 heavy (non-hydrogen) atoms. The van der Waals surface area contributed by atoms with Crippen LogP contribution in [-0.2, 0) is 16.2 Å². The Hall–Kier alpha value is -2.44. The van der Waals surface area contributed by atoms with Gasteiger partial charge in [0.05, 0.1) is 11.0 Å². The van der Waals surface area contributed by atoms with E-state index >= 15 is 0 Å². The number of aromatic nitrogens is 2. The number of nitrogens with zero attached hydrogens (tertiary/aromatic N) is 3. The predicted molar refractivity (Wildman–Crippen MR) is 126 cm³/mol. The van der Waals surface area contributed by atoms with Crippen molar-refractivity contribution in [2.75, 3.05) is 23.3 Å². The van der Waals surface area contributed by atoms with E-state index in [4.69, 9.17) is 0 Å². The van der Waals surface area contributed by atoms with Gasteiger partial charge in [-0.05, 0) is 56.4 Å². The molecule has 1 aromatic carbocycles. The second-order valence-electron chi connectivity index (χ2n) is 9.23. The minimum atomic E-state index is -4.65. The van der Waals surface area contributed by atoms with E-state index in [0.717, 1.165) is 38.3 Å². The highest BCUT2D eigenvalue weighted by molar-refractivity contribution is 7.89. The largest absolute Gasteiger partial charge is 0.421 e. The summed E-state index contributed by atoms with van der Waals surface area (Å²) in [5.41, 5.74) is 0.0880. The number of hydrogen-bond donors (Lipinski definition) is 3. The Kier molecular flexibility index (Phi) is 7.53. The summed E-state index contributed by atoms with van der Waals surface area (Å²) in [6.45, 7) is 2.10. The van der Waals surface area contributed by atoms with Gasteiger partial charge < -0.3 is 15.3 Å². The zero-order valence-corrected chi connectivity index (χ0v) is 20.3. The predicted octanol–water partition coefficient (Wildman–Crippen LogP) is 4.12. The van der Waals surface area contributed by atoms with Crippen molar-refractivity contribution in [1.29, 1.82) is 0 Å². The molecule has 1 saturated heterocycles. The number of sulfonamides is 1. The fourth-order valence-corrected chi connectivity index (χ4v) is 5.98. The summed E-state index contributed by atoms with van der Waals surface area (Å²) >= 11 is 0. The number of β-amino-alcohol motifs (C(OH)–C–C–N with tert-alkyl or cyclic N) is 1. The minimum Gasteiger partial charge on any atom is -0.391 e. The van der Waals surface area contributed by atoms with Crippen molar-refractivity contribution in [3.8, 4) is 0 Å². The number of anilines is 3. The standard InChI is InChI=1S/C23H30F3N5O3S/c1-15-12-18(35(33,34)30-16-6-3-2-4-7-16)9-10-20(15)28-22-27-13-19(23(24,25)26)21(29-22)31-11-5-8-17(32)14-31/h9-10,12-13,16-17,30,32H,2-8,11,14H2,1H3,(H,27,28,29). The fourth-order valence-electron chi connectivity index (χ4n) is 4.59. The maximum absolute atomic E-state index is 13.6. The molecule has 1 aliphatic heterocycles. The molecule has 1 aliphatic carbocycles. The summed E-state index contributed by atoms with van der Waals surface area (Å²) < 4.78 is 69.2. The minimum absolute atomic E-state index is 0.0490. The SMILES string of the molecule is Cc1cc(S(=O)(=O)NC2CCCCC2)ccc1Nc1ncc(C(F)(F)F)c(N2CCCC(O)C2)n1. The lowest BCUT2D eigenvalue weighted by Gasteiger charge is -2.32. The number of benzene rings is 1. The molecule has 0 spiro atoms. The first-order valence-electron chi connectivity index (χ1n) is 11.8. The molecule has 2 aromatic rings. The van der Waals surface area contributed by atoms with E-state index in [2.05, 4.69) is 20.0 Å². The zero-order chi connectivity index (χ0) is 25.2. The van der Waals surface area contributed by atoms with Gasteiger partial charge in [-0.1, -0.05) is 19.3 Å². The molecular weight excluding hydrogens is 483 g/mol. The Morgan fingerprint density at radius 2 is 1.86 bits per heavy atom. The van der Waals surface area contributed by atoms with Gasteiger partial charge in [-0.2, -0.15) is 18.2 Å². The molecule has 8 nitrogen and oxygen atoms in total. The van der Waals surface area contributed by atoms with Crippen LogP contribution < -0.4 is 14.9 Å². The molecule has 12 heteroatoms. The van der Waals surface area contributed by atoms with Crippen LogP contribution in [0.15, 0.2) is 29.3 Å². The van der Waals surface area contributed by atoms with Crippen molar-refractivity contribution in [2.45, 2.75) is 75.1 Å². The molecule has 1 unspecified atom stereocenters. The van der Waals surface area contributed by atoms with Crippen LogP contribution in [0.5, 0.6) is 0 Å². The van der Waals surface area contributed by atoms with Crippen LogP contribution in [0.1, 0.15) is 56.1 Å². The number of rotatable bonds is 6. The van der Waals surface area contributed by atoms with E-state index < -0.39 is 27.9 Å². The second-order valence-corrected chi connectivity index (χ2v) is 10.9. The number of nitrogens with one attached hydrogen (secondary N) is 2. The molecular formula is C23H30F3N5O3S. The van der Waals surface area contributed by atoms with Crippen molar-refractivity contribution < 1.29 is 26.7 Å². The Morgan fingerprint density at radius 1 is 1.11 bits per heavy atom. The number of alkyl halides is 3. The highest BCUT2D eigenvalue weighted by atomic mass is 32.2. The third-order valence-electron chi connectivity index (χ3n) is 6.45. The van der Waals surface area contributed by atoms with Gasteiger partial charge in [-0.3, -0.25) is 0 Å². The van der Waals surface area contributed by atoms with Crippen LogP contribution in [0.2, 0.25) is 0 Å². The van der Waals surface area contributed by atoms with Gasteiger partial charge >= 0.3 is 6.18 Å². The Morgan fingerprint density at radius 3 is 2.51 bits per heavy atom. The number of aliphatic hydroxyl groups excluding tert-OH is 1. The van der Waals surface area contributed by atoms with E-state index in [1.165, 1.54) is 17.0 Å². The number of aryl methyl sites for hydroxylation is 1. The molecule has 3 N–H and O–H groups in total. The second kappa shape index (κ2) is 10.3. The summed E-state index contributed by atoms with van der Waals surface area (Å²) in [5, 5.41) is 12.8. The van der Waals surface area contributed by atoms with E-state index in [1.54, 1.807) is 13.0 Å². The van der Waals surface area contributed by atoms with Gasteiger partial charge in [-0.25, -0.2) is 18.1 Å². The molecule has 1 saturated carbocycles. The molecule has 2 fully saturated rings. The fraction of sp³-hybridized carbons (Fsp3) is 0.565. The van der Waals surface area contributed by atoms with Crippen molar-refractivity contribution in [3.05, 3.63) is 35.5 Å². The van der Waals surface area contributed by atoms with Gasteiger partial charge in [0.15, 0.2) is 0 Å². The van der Waals surface area contributed by atoms with Crippen molar-refractivity contribution in [3.63, 3.8) is 0 Å².